The Bertz CT molecular complexity index is 1140. The average molecular weight is 434 g/mol. The summed E-state index contributed by atoms with van der Waals surface area (Å²) in [6, 6.07) is 13.5. The Labute approximate surface area is 186 Å². The summed E-state index contributed by atoms with van der Waals surface area (Å²) in [5, 5.41) is 35.6. The summed E-state index contributed by atoms with van der Waals surface area (Å²) < 4.78 is 11.2. The molecule has 166 valence electrons. The summed E-state index contributed by atoms with van der Waals surface area (Å²) in [5.74, 6) is 1.36. The second-order valence-electron chi connectivity index (χ2n) is 8.12. The van der Waals surface area contributed by atoms with Crippen LogP contribution in [0.5, 0.6) is 5.75 Å². The van der Waals surface area contributed by atoms with Crippen molar-refractivity contribution >= 4 is 0 Å². The van der Waals surface area contributed by atoms with Crippen molar-refractivity contribution in [1.29, 1.82) is 5.26 Å². The molecule has 1 aliphatic carbocycles. The molecular formula is C24H26N4O4. The van der Waals surface area contributed by atoms with E-state index in [-0.39, 0.29) is 18.8 Å². The van der Waals surface area contributed by atoms with Gasteiger partial charge in [-0.1, -0.05) is 23.4 Å². The highest BCUT2D eigenvalue weighted by molar-refractivity contribution is 5.67. The maximum absolute atomic E-state index is 9.63. The van der Waals surface area contributed by atoms with Gasteiger partial charge in [0.2, 0.25) is 5.82 Å². The summed E-state index contributed by atoms with van der Waals surface area (Å²) >= 11 is 0. The highest BCUT2D eigenvalue weighted by atomic mass is 16.5. The van der Waals surface area contributed by atoms with E-state index in [4.69, 9.17) is 14.4 Å². The Morgan fingerprint density at radius 2 is 2.16 bits per heavy atom. The fraction of sp³-hybridized carbons (Fsp3) is 0.375. The van der Waals surface area contributed by atoms with E-state index >= 15 is 0 Å². The molecule has 0 amide bonds. The van der Waals surface area contributed by atoms with Crippen molar-refractivity contribution < 1.29 is 19.5 Å². The van der Waals surface area contributed by atoms with Crippen LogP contribution >= 0.6 is 0 Å². The van der Waals surface area contributed by atoms with Gasteiger partial charge < -0.3 is 24.8 Å². The first-order valence-electron chi connectivity index (χ1n) is 10.7. The largest absolute Gasteiger partial charge is 0.490 e. The van der Waals surface area contributed by atoms with Crippen LogP contribution in [0.3, 0.4) is 0 Å². The second-order valence-corrected chi connectivity index (χ2v) is 8.12. The number of aliphatic hydroxyl groups excluding tert-OH is 2. The van der Waals surface area contributed by atoms with Gasteiger partial charge in [0.15, 0.2) is 0 Å². The smallest absolute Gasteiger partial charge is 0.258 e. The maximum Gasteiger partial charge on any atom is 0.258 e. The van der Waals surface area contributed by atoms with Gasteiger partial charge in [-0.3, -0.25) is 0 Å². The molecule has 0 saturated heterocycles. The van der Waals surface area contributed by atoms with Crippen LogP contribution in [-0.4, -0.2) is 45.7 Å². The van der Waals surface area contributed by atoms with Gasteiger partial charge in [-0.05, 0) is 56.0 Å². The molecule has 1 aromatic heterocycles. The van der Waals surface area contributed by atoms with E-state index in [1.54, 1.807) is 18.2 Å². The third-order valence-corrected chi connectivity index (χ3v) is 5.46. The first-order valence-corrected chi connectivity index (χ1v) is 10.7. The van der Waals surface area contributed by atoms with Gasteiger partial charge in [0.25, 0.3) is 5.89 Å². The van der Waals surface area contributed by atoms with E-state index in [1.165, 1.54) is 0 Å². The van der Waals surface area contributed by atoms with Crippen LogP contribution in [0.4, 0.5) is 0 Å². The monoisotopic (exact) mass is 434 g/mol. The molecule has 8 heteroatoms. The van der Waals surface area contributed by atoms with Crippen molar-refractivity contribution in [3.63, 3.8) is 0 Å². The number of fused-ring (bicyclic) bond motifs is 1. The SMILES string of the molecule is CC(C)Oc1ccc(-c2nc(-c3cccc4c3CCC4NC[C@@H](O)CO)no2)cc1C#N. The van der Waals surface area contributed by atoms with Crippen molar-refractivity contribution in [3.8, 4) is 34.7 Å². The van der Waals surface area contributed by atoms with Gasteiger partial charge in [0.05, 0.1) is 24.4 Å². The number of nitrogens with one attached hydrogen (secondary N) is 1. The minimum atomic E-state index is -0.780. The molecule has 1 aliphatic rings. The number of ether oxygens (including phenoxy) is 1. The Kier molecular flexibility index (Phi) is 6.51. The zero-order valence-corrected chi connectivity index (χ0v) is 18.1. The molecule has 0 bridgehead atoms. The lowest BCUT2D eigenvalue weighted by Gasteiger charge is -2.16. The molecule has 0 fully saturated rings. The molecule has 1 unspecified atom stereocenters. The lowest BCUT2D eigenvalue weighted by molar-refractivity contribution is 0.0919. The van der Waals surface area contributed by atoms with Crippen LogP contribution in [0.2, 0.25) is 0 Å². The van der Waals surface area contributed by atoms with E-state index in [9.17, 15) is 10.4 Å². The van der Waals surface area contributed by atoms with Gasteiger partial charge in [-0.25, -0.2) is 0 Å². The van der Waals surface area contributed by atoms with Crippen LogP contribution in [0.1, 0.15) is 43.0 Å². The van der Waals surface area contributed by atoms with E-state index in [0.717, 1.165) is 29.5 Å². The second kappa shape index (κ2) is 9.49. The molecule has 4 rings (SSSR count). The summed E-state index contributed by atoms with van der Waals surface area (Å²) in [7, 11) is 0. The molecular weight excluding hydrogens is 408 g/mol. The number of rotatable bonds is 8. The number of aromatic nitrogens is 2. The fourth-order valence-electron chi connectivity index (χ4n) is 3.98. The number of hydrogen-bond donors (Lipinski definition) is 3. The highest BCUT2D eigenvalue weighted by Gasteiger charge is 2.26. The highest BCUT2D eigenvalue weighted by Crippen LogP contribution is 2.37. The minimum absolute atomic E-state index is 0.0339. The van der Waals surface area contributed by atoms with E-state index < -0.39 is 6.10 Å². The molecule has 32 heavy (non-hydrogen) atoms. The lowest BCUT2D eigenvalue weighted by Crippen LogP contribution is -2.31. The molecule has 8 nitrogen and oxygen atoms in total. The first-order chi connectivity index (χ1) is 15.5. The summed E-state index contributed by atoms with van der Waals surface area (Å²) in [5.41, 5.74) is 4.26. The van der Waals surface area contributed by atoms with Crippen LogP contribution < -0.4 is 10.1 Å². The number of benzene rings is 2. The van der Waals surface area contributed by atoms with Crippen molar-refractivity contribution in [1.82, 2.24) is 15.5 Å². The predicted octanol–water partition coefficient (Wildman–Crippen LogP) is 2.99. The Morgan fingerprint density at radius 1 is 1.31 bits per heavy atom. The third kappa shape index (κ3) is 4.50. The van der Waals surface area contributed by atoms with Gasteiger partial charge in [0, 0.05) is 23.7 Å². The van der Waals surface area contributed by atoms with E-state index in [2.05, 4.69) is 27.6 Å². The standard InChI is InChI=1S/C24H26N4O4/c1-14(2)31-22-9-6-15(10-16(22)11-25)24-27-23(28-32-24)20-5-3-4-19-18(20)7-8-21(19)26-12-17(30)13-29/h3-6,9-10,14,17,21,26,29-30H,7-8,12-13H2,1-2H3/t17-,21?/m1/s1. The van der Waals surface area contributed by atoms with Crippen LogP contribution in [-0.2, 0) is 6.42 Å². The van der Waals surface area contributed by atoms with Gasteiger partial charge in [0.1, 0.15) is 11.8 Å². The molecule has 2 aromatic carbocycles. The van der Waals surface area contributed by atoms with E-state index in [1.807, 2.05) is 26.0 Å². The quantitative estimate of drug-likeness (QED) is 0.494. The topological polar surface area (TPSA) is 124 Å². The Hall–Kier alpha value is -3.25. The maximum atomic E-state index is 9.63. The predicted molar refractivity (Wildman–Crippen MR) is 118 cm³/mol. The summed E-state index contributed by atoms with van der Waals surface area (Å²) in [4.78, 5) is 4.59. The van der Waals surface area contributed by atoms with Gasteiger partial charge in [-0.2, -0.15) is 10.2 Å². The van der Waals surface area contributed by atoms with Crippen molar-refractivity contribution in [3.05, 3.63) is 53.1 Å². The fourth-order valence-corrected chi connectivity index (χ4v) is 3.98. The molecule has 0 spiro atoms. The van der Waals surface area contributed by atoms with E-state index in [0.29, 0.717) is 35.1 Å². The Morgan fingerprint density at radius 3 is 2.91 bits per heavy atom. The van der Waals surface area contributed by atoms with Crippen LogP contribution in [0.15, 0.2) is 40.9 Å². The zero-order valence-electron chi connectivity index (χ0n) is 18.1. The van der Waals surface area contributed by atoms with Gasteiger partial charge in [-0.15, -0.1) is 0 Å². The normalized spacial score (nSPS) is 16.1. The average Bonchev–Trinajstić information content (AvgIpc) is 3.44. The molecule has 0 radical (unpaired) electrons. The number of aliphatic hydroxyl groups is 2. The Balaban J connectivity index is 1.59. The van der Waals surface area contributed by atoms with Crippen molar-refractivity contribution in [2.75, 3.05) is 13.2 Å². The van der Waals surface area contributed by atoms with Crippen LogP contribution in [0.25, 0.3) is 22.8 Å². The third-order valence-electron chi connectivity index (χ3n) is 5.46. The van der Waals surface area contributed by atoms with Crippen LogP contribution in [0, 0.1) is 11.3 Å². The first kappa shape index (κ1) is 22.0. The number of nitrogens with zero attached hydrogens (tertiary/aromatic N) is 3. The molecule has 3 aromatic rings. The minimum Gasteiger partial charge on any atom is -0.490 e. The molecule has 2 atom stereocenters. The molecule has 3 N–H and O–H groups in total. The van der Waals surface area contributed by atoms with Gasteiger partial charge >= 0.3 is 0 Å². The number of nitriles is 1. The van der Waals surface area contributed by atoms with Crippen molar-refractivity contribution in [2.24, 2.45) is 0 Å². The van der Waals surface area contributed by atoms with Crippen molar-refractivity contribution in [2.45, 2.75) is 44.9 Å². The zero-order chi connectivity index (χ0) is 22.7. The molecule has 0 aliphatic heterocycles. The molecule has 1 heterocycles. The lowest BCUT2D eigenvalue weighted by atomic mass is 10.0. The summed E-state index contributed by atoms with van der Waals surface area (Å²) in [6.07, 6.45) is 0.922. The summed E-state index contributed by atoms with van der Waals surface area (Å²) in [6.45, 7) is 3.88. The number of hydrogen-bond acceptors (Lipinski definition) is 8. The molecule has 0 saturated carbocycles.